The number of nitrogens with zero attached hydrogens (tertiary/aromatic N) is 2. The fraction of sp³-hybridized carbons (Fsp3) is 0.150. The van der Waals surface area contributed by atoms with Crippen LogP contribution in [0.2, 0.25) is 0 Å². The molecule has 2 amide bonds. The van der Waals surface area contributed by atoms with E-state index >= 15 is 0 Å². The van der Waals surface area contributed by atoms with E-state index in [-0.39, 0.29) is 11.1 Å². The second-order valence-corrected chi connectivity index (χ2v) is 6.07. The van der Waals surface area contributed by atoms with Gasteiger partial charge >= 0.3 is 5.97 Å². The fourth-order valence-electron chi connectivity index (χ4n) is 3.22. The molecule has 130 valence electrons. The zero-order chi connectivity index (χ0) is 18.3. The van der Waals surface area contributed by atoms with Crippen molar-refractivity contribution in [3.63, 3.8) is 0 Å². The van der Waals surface area contributed by atoms with Crippen LogP contribution in [-0.4, -0.2) is 27.4 Å². The van der Waals surface area contributed by atoms with Crippen LogP contribution in [0.5, 0.6) is 0 Å². The van der Waals surface area contributed by atoms with Crippen LogP contribution in [-0.2, 0) is 11.4 Å². The minimum Gasteiger partial charge on any atom is -0.335 e. The highest BCUT2D eigenvalue weighted by Gasteiger charge is 2.39. The number of hydroxylamine groups is 2. The highest BCUT2D eigenvalue weighted by atomic mass is 16.7. The van der Waals surface area contributed by atoms with Crippen molar-refractivity contribution in [2.45, 2.75) is 19.9 Å². The Morgan fingerprint density at radius 2 is 1.58 bits per heavy atom. The zero-order valence-electron chi connectivity index (χ0n) is 14.1. The lowest BCUT2D eigenvalue weighted by molar-refractivity contribution is -0.0591. The molecule has 2 heterocycles. The Labute approximate surface area is 149 Å². The number of amides is 2. The largest absolute Gasteiger partial charge is 0.380 e. The molecule has 1 aliphatic heterocycles. The maximum Gasteiger partial charge on any atom is 0.380 e. The monoisotopic (exact) mass is 348 g/mol. The molecule has 3 aromatic rings. The van der Waals surface area contributed by atoms with Gasteiger partial charge in [-0.05, 0) is 30.7 Å². The summed E-state index contributed by atoms with van der Waals surface area (Å²) in [5.74, 6) is -1.99. The predicted molar refractivity (Wildman–Crippen MR) is 94.6 cm³/mol. The molecule has 1 aliphatic rings. The topological polar surface area (TPSA) is 68.6 Å². The molecule has 0 aliphatic carbocycles. The van der Waals surface area contributed by atoms with E-state index in [1.807, 2.05) is 35.8 Å². The molecule has 0 N–H and O–H groups in total. The molecule has 1 aromatic heterocycles. The average molecular weight is 348 g/mol. The van der Waals surface area contributed by atoms with Crippen LogP contribution in [0.3, 0.4) is 0 Å². The first-order valence-electron chi connectivity index (χ1n) is 8.40. The van der Waals surface area contributed by atoms with Gasteiger partial charge in [-0.1, -0.05) is 42.3 Å². The molecule has 0 radical (unpaired) electrons. The Morgan fingerprint density at radius 1 is 0.962 bits per heavy atom. The molecular formula is C20H16N2O4. The Hall–Kier alpha value is -3.41. The zero-order valence-corrected chi connectivity index (χ0v) is 14.1. The lowest BCUT2D eigenvalue weighted by atomic mass is 10.1. The van der Waals surface area contributed by atoms with E-state index in [1.54, 1.807) is 18.2 Å². The fourth-order valence-corrected chi connectivity index (χ4v) is 3.22. The third kappa shape index (κ3) is 2.38. The van der Waals surface area contributed by atoms with Crippen LogP contribution in [0.15, 0.2) is 54.6 Å². The summed E-state index contributed by atoms with van der Waals surface area (Å²) in [5, 5.41) is 1.44. The summed E-state index contributed by atoms with van der Waals surface area (Å²) >= 11 is 0. The standard InChI is InChI=1S/C20H16N2O4/c1-2-11-21-16-10-6-3-7-13(16)12-17(21)20(25)26-22-18(23)14-8-4-5-9-15(14)19(22)24/h3-10,12H,2,11H2,1H3. The smallest absolute Gasteiger partial charge is 0.335 e. The Kier molecular flexibility index (Phi) is 3.80. The number of hydrogen-bond acceptors (Lipinski definition) is 4. The Balaban J connectivity index is 1.68. The van der Waals surface area contributed by atoms with Crippen molar-refractivity contribution in [1.29, 1.82) is 0 Å². The van der Waals surface area contributed by atoms with Crippen LogP contribution in [0, 0.1) is 0 Å². The number of aromatic nitrogens is 1. The summed E-state index contributed by atoms with van der Waals surface area (Å²) in [5.41, 5.74) is 1.69. The highest BCUT2D eigenvalue weighted by molar-refractivity contribution is 6.21. The van der Waals surface area contributed by atoms with Gasteiger partial charge in [0.1, 0.15) is 5.69 Å². The summed E-state index contributed by atoms with van der Waals surface area (Å²) in [6.07, 6.45) is 0.825. The van der Waals surface area contributed by atoms with E-state index in [0.717, 1.165) is 17.3 Å². The van der Waals surface area contributed by atoms with Gasteiger partial charge in [-0.15, -0.1) is 0 Å². The maximum atomic E-state index is 12.7. The molecule has 0 spiro atoms. The van der Waals surface area contributed by atoms with Crippen molar-refractivity contribution in [3.05, 3.63) is 71.4 Å². The first kappa shape index (κ1) is 16.1. The van der Waals surface area contributed by atoms with E-state index in [9.17, 15) is 14.4 Å². The number of carbonyl (C=O) groups excluding carboxylic acids is 3. The van der Waals surface area contributed by atoms with Crippen molar-refractivity contribution < 1.29 is 19.2 Å². The number of aryl methyl sites for hydroxylation is 1. The van der Waals surface area contributed by atoms with Crippen LogP contribution >= 0.6 is 0 Å². The normalized spacial score (nSPS) is 13.3. The minimum atomic E-state index is -0.732. The second-order valence-electron chi connectivity index (χ2n) is 6.07. The van der Waals surface area contributed by atoms with E-state index in [1.165, 1.54) is 12.1 Å². The van der Waals surface area contributed by atoms with Crippen molar-refractivity contribution in [1.82, 2.24) is 9.63 Å². The van der Waals surface area contributed by atoms with Crippen molar-refractivity contribution >= 4 is 28.7 Å². The van der Waals surface area contributed by atoms with E-state index < -0.39 is 17.8 Å². The third-order valence-electron chi connectivity index (χ3n) is 4.40. The predicted octanol–water partition coefficient (Wildman–Crippen LogP) is 3.42. The highest BCUT2D eigenvalue weighted by Crippen LogP contribution is 2.25. The third-order valence-corrected chi connectivity index (χ3v) is 4.40. The molecule has 0 saturated heterocycles. The molecule has 2 aromatic carbocycles. The summed E-state index contributed by atoms with van der Waals surface area (Å²) in [6.45, 7) is 2.63. The van der Waals surface area contributed by atoms with Crippen LogP contribution in [0.4, 0.5) is 0 Å². The first-order chi connectivity index (χ1) is 12.6. The van der Waals surface area contributed by atoms with E-state index in [4.69, 9.17) is 4.84 Å². The molecule has 6 heteroatoms. The van der Waals surface area contributed by atoms with Gasteiger partial charge in [0.25, 0.3) is 11.8 Å². The number of imide groups is 1. The van der Waals surface area contributed by atoms with Crippen molar-refractivity contribution in [3.8, 4) is 0 Å². The van der Waals surface area contributed by atoms with Gasteiger partial charge in [-0.25, -0.2) is 4.79 Å². The first-order valence-corrected chi connectivity index (χ1v) is 8.40. The summed E-state index contributed by atoms with van der Waals surface area (Å²) in [6, 6.07) is 15.7. The Bertz CT molecular complexity index is 1020. The molecule has 6 nitrogen and oxygen atoms in total. The quantitative estimate of drug-likeness (QED) is 0.678. The number of rotatable bonds is 4. The van der Waals surface area contributed by atoms with Gasteiger partial charge in [-0.2, -0.15) is 0 Å². The average Bonchev–Trinajstić information content (AvgIpc) is 3.14. The SMILES string of the molecule is CCCn1c(C(=O)ON2C(=O)c3ccccc3C2=O)cc2ccccc21. The number of para-hydroxylation sites is 1. The molecule has 0 atom stereocenters. The maximum absolute atomic E-state index is 12.7. The molecular weight excluding hydrogens is 332 g/mol. The number of carbonyl (C=O) groups is 3. The molecule has 0 unspecified atom stereocenters. The summed E-state index contributed by atoms with van der Waals surface area (Å²) in [4.78, 5) is 42.7. The van der Waals surface area contributed by atoms with E-state index in [2.05, 4.69) is 0 Å². The van der Waals surface area contributed by atoms with Gasteiger partial charge in [0.2, 0.25) is 0 Å². The number of hydrogen-bond donors (Lipinski definition) is 0. The van der Waals surface area contributed by atoms with Crippen molar-refractivity contribution in [2.24, 2.45) is 0 Å². The van der Waals surface area contributed by atoms with Gasteiger partial charge in [0.05, 0.1) is 11.1 Å². The van der Waals surface area contributed by atoms with Gasteiger partial charge in [-0.3, -0.25) is 9.59 Å². The number of fused-ring (bicyclic) bond motifs is 2. The van der Waals surface area contributed by atoms with Crippen LogP contribution in [0.25, 0.3) is 10.9 Å². The molecule has 0 saturated carbocycles. The van der Waals surface area contributed by atoms with Gasteiger partial charge in [0, 0.05) is 17.4 Å². The minimum absolute atomic E-state index is 0.236. The van der Waals surface area contributed by atoms with Crippen LogP contribution in [0.1, 0.15) is 44.5 Å². The van der Waals surface area contributed by atoms with Crippen molar-refractivity contribution in [2.75, 3.05) is 0 Å². The molecule has 0 fully saturated rings. The van der Waals surface area contributed by atoms with Gasteiger partial charge < -0.3 is 9.40 Å². The molecule has 0 bridgehead atoms. The van der Waals surface area contributed by atoms with Gasteiger partial charge in [0.15, 0.2) is 0 Å². The van der Waals surface area contributed by atoms with E-state index in [0.29, 0.717) is 17.3 Å². The van der Waals surface area contributed by atoms with Crippen LogP contribution < -0.4 is 0 Å². The number of benzene rings is 2. The lowest BCUT2D eigenvalue weighted by Gasteiger charge is -2.14. The second kappa shape index (κ2) is 6.15. The molecule has 4 rings (SSSR count). The molecule has 26 heavy (non-hydrogen) atoms. The summed E-state index contributed by atoms with van der Waals surface area (Å²) in [7, 11) is 0. The lowest BCUT2D eigenvalue weighted by Crippen LogP contribution is -2.33. The summed E-state index contributed by atoms with van der Waals surface area (Å²) < 4.78 is 1.84. The Morgan fingerprint density at radius 3 is 2.23 bits per heavy atom.